The summed E-state index contributed by atoms with van der Waals surface area (Å²) in [5.41, 5.74) is 6.69. The second kappa shape index (κ2) is 5.83. The third kappa shape index (κ3) is 3.11. The number of rotatable bonds is 3. The van der Waals surface area contributed by atoms with E-state index in [1.54, 1.807) is 0 Å². The minimum Gasteiger partial charge on any atom is -0.409 e. The van der Waals surface area contributed by atoms with Gasteiger partial charge in [0.1, 0.15) is 0 Å². The van der Waals surface area contributed by atoms with Gasteiger partial charge in [0.15, 0.2) is 5.84 Å². The summed E-state index contributed by atoms with van der Waals surface area (Å²) in [4.78, 5) is 13.0. The van der Waals surface area contributed by atoms with Crippen LogP contribution in [0.25, 0.3) is 0 Å². The topological polar surface area (TPSA) is 90.9 Å². The highest BCUT2D eigenvalue weighted by molar-refractivity contribution is 5.84. The lowest BCUT2D eigenvalue weighted by Gasteiger charge is -2.37. The fourth-order valence-corrected chi connectivity index (χ4v) is 2.13. The summed E-state index contributed by atoms with van der Waals surface area (Å²) < 4.78 is 0. The summed E-state index contributed by atoms with van der Waals surface area (Å²) in [6.07, 6.45) is 3.65. The molecule has 1 atom stereocenters. The third-order valence-electron chi connectivity index (χ3n) is 3.46. The fraction of sp³-hybridized carbons (Fsp3) is 0.583. The molecule has 1 aliphatic heterocycles. The molecular formula is C12H20N6O. The molecule has 2 rings (SSSR count). The summed E-state index contributed by atoms with van der Waals surface area (Å²) in [5.74, 6) is 1.02. The minimum absolute atomic E-state index is 0.0499. The zero-order chi connectivity index (χ0) is 13.8. The molecule has 0 spiro atoms. The van der Waals surface area contributed by atoms with E-state index >= 15 is 0 Å². The van der Waals surface area contributed by atoms with Crippen molar-refractivity contribution in [3.63, 3.8) is 0 Å². The van der Waals surface area contributed by atoms with Gasteiger partial charge in [-0.15, -0.1) is 0 Å². The van der Waals surface area contributed by atoms with Gasteiger partial charge in [0.05, 0.1) is 6.04 Å². The van der Waals surface area contributed by atoms with Crippen molar-refractivity contribution in [2.75, 3.05) is 31.1 Å². The summed E-state index contributed by atoms with van der Waals surface area (Å²) in [6.45, 7) is 7.27. The number of oxime groups is 1. The molecule has 1 aromatic rings. The molecule has 1 aromatic heterocycles. The molecule has 7 heteroatoms. The predicted molar refractivity (Wildman–Crippen MR) is 73.4 cm³/mol. The van der Waals surface area contributed by atoms with Crippen molar-refractivity contribution in [3.05, 3.63) is 18.0 Å². The Morgan fingerprint density at radius 3 is 2.42 bits per heavy atom. The monoisotopic (exact) mass is 264 g/mol. The maximum absolute atomic E-state index is 8.70. The van der Waals surface area contributed by atoms with E-state index in [2.05, 4.69) is 24.9 Å². The maximum Gasteiger partial charge on any atom is 0.225 e. The highest BCUT2D eigenvalue weighted by Crippen LogP contribution is 2.12. The number of hydrogen-bond donors (Lipinski definition) is 2. The number of hydrogen-bond acceptors (Lipinski definition) is 6. The van der Waals surface area contributed by atoms with Gasteiger partial charge < -0.3 is 15.8 Å². The second-order valence-corrected chi connectivity index (χ2v) is 4.78. The number of aromatic nitrogens is 2. The van der Waals surface area contributed by atoms with Crippen molar-refractivity contribution < 1.29 is 5.21 Å². The lowest BCUT2D eigenvalue weighted by atomic mass is 10.2. The molecule has 2 heterocycles. The van der Waals surface area contributed by atoms with Crippen LogP contribution in [0.1, 0.15) is 12.5 Å². The van der Waals surface area contributed by atoms with E-state index in [4.69, 9.17) is 10.9 Å². The maximum atomic E-state index is 8.70. The molecule has 0 saturated carbocycles. The van der Waals surface area contributed by atoms with Crippen molar-refractivity contribution in [1.29, 1.82) is 0 Å². The lowest BCUT2D eigenvalue weighted by Crippen LogP contribution is -2.53. The first-order valence-electron chi connectivity index (χ1n) is 6.37. The van der Waals surface area contributed by atoms with Crippen LogP contribution < -0.4 is 10.6 Å². The number of piperazine rings is 1. The Balaban J connectivity index is 1.94. The van der Waals surface area contributed by atoms with Crippen molar-refractivity contribution in [2.24, 2.45) is 10.9 Å². The van der Waals surface area contributed by atoms with E-state index in [0.717, 1.165) is 37.7 Å². The van der Waals surface area contributed by atoms with Crippen LogP contribution in [-0.4, -0.2) is 58.1 Å². The molecule has 104 valence electrons. The first kappa shape index (κ1) is 13.5. The van der Waals surface area contributed by atoms with Crippen LogP contribution in [0.2, 0.25) is 0 Å². The average Bonchev–Trinajstić information content (AvgIpc) is 2.46. The zero-order valence-electron chi connectivity index (χ0n) is 11.3. The second-order valence-electron chi connectivity index (χ2n) is 4.78. The van der Waals surface area contributed by atoms with E-state index in [1.165, 1.54) is 0 Å². The highest BCUT2D eigenvalue weighted by atomic mass is 16.4. The fourth-order valence-electron chi connectivity index (χ4n) is 2.13. The predicted octanol–water partition coefficient (Wildman–Crippen LogP) is 0.0419. The van der Waals surface area contributed by atoms with Crippen LogP contribution in [0.3, 0.4) is 0 Å². The summed E-state index contributed by atoms with van der Waals surface area (Å²) in [5, 5.41) is 11.8. The van der Waals surface area contributed by atoms with Crippen molar-refractivity contribution in [2.45, 2.75) is 19.9 Å². The van der Waals surface area contributed by atoms with Gasteiger partial charge in [-0.3, -0.25) is 4.90 Å². The normalized spacial score (nSPS) is 19.5. The highest BCUT2D eigenvalue weighted by Gasteiger charge is 2.24. The number of amidine groups is 1. The van der Waals surface area contributed by atoms with Gasteiger partial charge in [0, 0.05) is 38.6 Å². The van der Waals surface area contributed by atoms with Crippen LogP contribution in [0.4, 0.5) is 5.95 Å². The Hall–Kier alpha value is -1.89. The van der Waals surface area contributed by atoms with Crippen molar-refractivity contribution in [3.8, 4) is 0 Å². The summed E-state index contributed by atoms with van der Waals surface area (Å²) in [6, 6.07) is -0.0499. The Kier molecular flexibility index (Phi) is 4.16. The molecule has 0 aliphatic carbocycles. The van der Waals surface area contributed by atoms with Crippen LogP contribution in [0, 0.1) is 6.92 Å². The van der Waals surface area contributed by atoms with Crippen LogP contribution in [0.15, 0.2) is 17.5 Å². The van der Waals surface area contributed by atoms with E-state index in [-0.39, 0.29) is 11.9 Å². The van der Waals surface area contributed by atoms with E-state index in [9.17, 15) is 0 Å². The largest absolute Gasteiger partial charge is 0.409 e. The Labute approximate surface area is 112 Å². The molecule has 1 aliphatic rings. The molecule has 1 saturated heterocycles. The standard InChI is InChI=1S/C12H20N6O/c1-9-7-14-12(15-8-9)18-5-3-17(4-6-18)10(2)11(13)16-19/h7-8,10,19H,3-6H2,1-2H3,(H2,13,16). The van der Waals surface area contributed by atoms with Gasteiger partial charge in [-0.25, -0.2) is 9.97 Å². The molecule has 0 radical (unpaired) electrons. The molecule has 3 N–H and O–H groups in total. The molecule has 0 bridgehead atoms. The molecule has 1 unspecified atom stereocenters. The first-order valence-corrected chi connectivity index (χ1v) is 6.37. The van der Waals surface area contributed by atoms with Crippen LogP contribution in [0.5, 0.6) is 0 Å². The zero-order valence-corrected chi connectivity index (χ0v) is 11.3. The molecule has 0 amide bonds. The van der Waals surface area contributed by atoms with Gasteiger partial charge in [-0.1, -0.05) is 5.16 Å². The molecule has 19 heavy (non-hydrogen) atoms. The third-order valence-corrected chi connectivity index (χ3v) is 3.46. The van der Waals surface area contributed by atoms with Crippen LogP contribution in [-0.2, 0) is 0 Å². The lowest BCUT2D eigenvalue weighted by molar-refractivity contribution is 0.229. The average molecular weight is 264 g/mol. The number of anilines is 1. The van der Waals surface area contributed by atoms with Crippen LogP contribution >= 0.6 is 0 Å². The number of nitrogens with two attached hydrogens (primary N) is 1. The number of aryl methyl sites for hydroxylation is 1. The Bertz CT molecular complexity index is 438. The SMILES string of the molecule is Cc1cnc(N2CCN(C(C)/C(N)=N/O)CC2)nc1. The molecule has 7 nitrogen and oxygen atoms in total. The van der Waals surface area contributed by atoms with Gasteiger partial charge in [-0.2, -0.15) is 0 Å². The molecule has 0 aromatic carbocycles. The van der Waals surface area contributed by atoms with Gasteiger partial charge in [0.2, 0.25) is 5.95 Å². The molecule has 1 fully saturated rings. The van der Waals surface area contributed by atoms with Gasteiger partial charge >= 0.3 is 0 Å². The van der Waals surface area contributed by atoms with E-state index < -0.39 is 0 Å². The van der Waals surface area contributed by atoms with Gasteiger partial charge in [-0.05, 0) is 19.4 Å². The summed E-state index contributed by atoms with van der Waals surface area (Å²) >= 11 is 0. The Morgan fingerprint density at radius 2 is 1.89 bits per heavy atom. The molecular weight excluding hydrogens is 244 g/mol. The minimum atomic E-state index is -0.0499. The van der Waals surface area contributed by atoms with Crippen molar-refractivity contribution in [1.82, 2.24) is 14.9 Å². The Morgan fingerprint density at radius 1 is 1.32 bits per heavy atom. The summed E-state index contributed by atoms with van der Waals surface area (Å²) in [7, 11) is 0. The number of nitrogens with zero attached hydrogens (tertiary/aromatic N) is 5. The van der Waals surface area contributed by atoms with E-state index in [0.29, 0.717) is 0 Å². The van der Waals surface area contributed by atoms with Crippen molar-refractivity contribution >= 4 is 11.8 Å². The quantitative estimate of drug-likeness (QED) is 0.347. The van der Waals surface area contributed by atoms with Gasteiger partial charge in [0.25, 0.3) is 0 Å². The van der Waals surface area contributed by atoms with E-state index in [1.807, 2.05) is 26.2 Å². The smallest absolute Gasteiger partial charge is 0.225 e. The first-order chi connectivity index (χ1) is 9.11.